The molecule has 2 atom stereocenters. The Kier molecular flexibility index (Phi) is 6.70. The number of hydrogen-bond acceptors (Lipinski definition) is 6. The maximum atomic E-state index is 13.1. The van der Waals surface area contributed by atoms with Gasteiger partial charge >= 0.3 is 0 Å². The Balaban J connectivity index is 1.77. The zero-order valence-corrected chi connectivity index (χ0v) is 19.3. The van der Waals surface area contributed by atoms with Gasteiger partial charge < -0.3 is 24.4 Å². The fourth-order valence-corrected chi connectivity index (χ4v) is 4.41. The number of aliphatic hydroxyl groups is 1. The molecular formula is C26H30N2O5. The van der Waals surface area contributed by atoms with Crippen LogP contribution in [0.1, 0.15) is 36.9 Å². The second kappa shape index (κ2) is 9.67. The molecule has 0 spiro atoms. The van der Waals surface area contributed by atoms with Gasteiger partial charge in [0, 0.05) is 38.5 Å². The Morgan fingerprint density at radius 2 is 1.82 bits per heavy atom. The van der Waals surface area contributed by atoms with E-state index in [1.165, 1.54) is 0 Å². The van der Waals surface area contributed by atoms with E-state index in [-0.39, 0.29) is 17.4 Å². The highest BCUT2D eigenvalue weighted by atomic mass is 16.5. The number of amides is 1. The SMILES string of the molecule is CCOc1ccc(C(O)=C2C(=O)C(=O)N(CC3CCCO3)C2c2ccc(N(C)C)cc2)cc1. The summed E-state index contributed by atoms with van der Waals surface area (Å²) in [4.78, 5) is 29.8. The second-order valence-electron chi connectivity index (χ2n) is 8.53. The van der Waals surface area contributed by atoms with Gasteiger partial charge in [0.05, 0.1) is 24.3 Å². The number of likely N-dealkylation sites (tertiary alicyclic amines) is 1. The molecule has 33 heavy (non-hydrogen) atoms. The Morgan fingerprint density at radius 1 is 1.12 bits per heavy atom. The molecule has 0 bridgehead atoms. The molecule has 1 N–H and O–H groups in total. The predicted octanol–water partition coefficient (Wildman–Crippen LogP) is 3.75. The van der Waals surface area contributed by atoms with Crippen molar-refractivity contribution >= 4 is 23.1 Å². The van der Waals surface area contributed by atoms with Crippen molar-refractivity contribution in [1.29, 1.82) is 0 Å². The number of carbonyl (C=O) groups is 2. The van der Waals surface area contributed by atoms with Gasteiger partial charge in [0.25, 0.3) is 11.7 Å². The first-order valence-electron chi connectivity index (χ1n) is 11.3. The predicted molar refractivity (Wildman–Crippen MR) is 126 cm³/mol. The van der Waals surface area contributed by atoms with Gasteiger partial charge in [-0.2, -0.15) is 0 Å². The van der Waals surface area contributed by atoms with Gasteiger partial charge in [0.15, 0.2) is 0 Å². The van der Waals surface area contributed by atoms with Gasteiger partial charge in [-0.25, -0.2) is 0 Å². The molecule has 7 heteroatoms. The van der Waals surface area contributed by atoms with E-state index in [0.717, 1.165) is 24.1 Å². The third-order valence-electron chi connectivity index (χ3n) is 6.13. The summed E-state index contributed by atoms with van der Waals surface area (Å²) in [7, 11) is 3.90. The molecule has 0 radical (unpaired) electrons. The van der Waals surface area contributed by atoms with Crippen LogP contribution in [0.25, 0.3) is 5.76 Å². The normalized spacial score (nSPS) is 22.1. The summed E-state index contributed by atoms with van der Waals surface area (Å²) in [6.45, 7) is 3.39. The van der Waals surface area contributed by atoms with E-state index in [4.69, 9.17) is 9.47 Å². The highest BCUT2D eigenvalue weighted by Gasteiger charge is 2.47. The summed E-state index contributed by atoms with van der Waals surface area (Å²) in [5.41, 5.74) is 2.33. The minimum absolute atomic E-state index is 0.0970. The summed E-state index contributed by atoms with van der Waals surface area (Å²) < 4.78 is 11.2. The van der Waals surface area contributed by atoms with Gasteiger partial charge in [-0.15, -0.1) is 0 Å². The summed E-state index contributed by atoms with van der Waals surface area (Å²) in [5.74, 6) is -0.808. The van der Waals surface area contributed by atoms with Crippen LogP contribution < -0.4 is 9.64 Å². The second-order valence-corrected chi connectivity index (χ2v) is 8.53. The zero-order valence-electron chi connectivity index (χ0n) is 19.3. The lowest BCUT2D eigenvalue weighted by Crippen LogP contribution is -2.36. The molecule has 2 aliphatic rings. The van der Waals surface area contributed by atoms with Gasteiger partial charge in [0.1, 0.15) is 11.5 Å². The largest absolute Gasteiger partial charge is 0.507 e. The third-order valence-corrected chi connectivity index (χ3v) is 6.13. The van der Waals surface area contributed by atoms with Crippen molar-refractivity contribution in [3.05, 3.63) is 65.2 Å². The number of aliphatic hydroxyl groups excluding tert-OH is 1. The first-order chi connectivity index (χ1) is 15.9. The van der Waals surface area contributed by atoms with Crippen LogP contribution in [0.15, 0.2) is 54.1 Å². The van der Waals surface area contributed by atoms with Gasteiger partial charge in [-0.3, -0.25) is 9.59 Å². The first-order valence-corrected chi connectivity index (χ1v) is 11.3. The molecule has 0 saturated carbocycles. The lowest BCUT2D eigenvalue weighted by atomic mass is 9.95. The Morgan fingerprint density at radius 3 is 2.39 bits per heavy atom. The van der Waals surface area contributed by atoms with Crippen molar-refractivity contribution in [2.45, 2.75) is 31.9 Å². The first kappa shape index (κ1) is 22.9. The van der Waals surface area contributed by atoms with E-state index in [9.17, 15) is 14.7 Å². The fraction of sp³-hybridized carbons (Fsp3) is 0.385. The van der Waals surface area contributed by atoms with E-state index in [0.29, 0.717) is 31.1 Å². The summed E-state index contributed by atoms with van der Waals surface area (Å²) in [5, 5.41) is 11.2. The summed E-state index contributed by atoms with van der Waals surface area (Å²) >= 11 is 0. The summed E-state index contributed by atoms with van der Waals surface area (Å²) in [6.07, 6.45) is 1.66. The van der Waals surface area contributed by atoms with Crippen LogP contribution in [0.4, 0.5) is 5.69 Å². The third kappa shape index (κ3) is 4.59. The molecule has 2 saturated heterocycles. The highest BCUT2D eigenvalue weighted by molar-refractivity contribution is 6.46. The van der Waals surface area contributed by atoms with Gasteiger partial charge in [0.2, 0.25) is 0 Å². The van der Waals surface area contributed by atoms with E-state index in [1.54, 1.807) is 29.2 Å². The maximum absolute atomic E-state index is 13.1. The lowest BCUT2D eigenvalue weighted by molar-refractivity contribution is -0.140. The van der Waals surface area contributed by atoms with Crippen LogP contribution in [-0.4, -0.2) is 61.7 Å². The van der Waals surface area contributed by atoms with Crippen LogP contribution in [-0.2, 0) is 14.3 Å². The zero-order chi connectivity index (χ0) is 23.5. The molecule has 2 aromatic carbocycles. The minimum atomic E-state index is -0.683. The number of Topliss-reactive ketones (excluding diaryl/α,β-unsaturated/α-hetero) is 1. The molecule has 0 aliphatic carbocycles. The molecule has 4 rings (SSSR count). The minimum Gasteiger partial charge on any atom is -0.507 e. The van der Waals surface area contributed by atoms with Crippen molar-refractivity contribution in [3.8, 4) is 5.75 Å². The smallest absolute Gasteiger partial charge is 0.295 e. The Labute approximate surface area is 194 Å². The molecule has 2 fully saturated rings. The standard InChI is InChI=1S/C26H30N2O5/c1-4-32-20-13-9-18(10-14-20)24(29)22-23(17-7-11-19(12-8-17)27(2)3)28(26(31)25(22)30)16-21-6-5-15-33-21/h7-14,21,23,29H,4-6,15-16H2,1-3H3. The molecule has 2 aromatic rings. The van der Waals surface area contributed by atoms with Crippen LogP contribution in [0, 0.1) is 0 Å². The highest BCUT2D eigenvalue weighted by Crippen LogP contribution is 2.40. The van der Waals surface area contributed by atoms with E-state index in [2.05, 4.69) is 0 Å². The number of hydrogen-bond donors (Lipinski definition) is 1. The number of benzene rings is 2. The number of nitrogens with zero attached hydrogens (tertiary/aromatic N) is 2. The van der Waals surface area contributed by atoms with Crippen molar-refractivity contribution in [1.82, 2.24) is 4.90 Å². The molecule has 0 aromatic heterocycles. The van der Waals surface area contributed by atoms with Crippen LogP contribution in [0.3, 0.4) is 0 Å². The van der Waals surface area contributed by atoms with Gasteiger partial charge in [-0.05, 0) is 61.7 Å². The lowest BCUT2D eigenvalue weighted by Gasteiger charge is -2.28. The van der Waals surface area contributed by atoms with Crippen molar-refractivity contribution in [2.24, 2.45) is 0 Å². The van der Waals surface area contributed by atoms with Crippen molar-refractivity contribution in [2.75, 3.05) is 38.8 Å². The van der Waals surface area contributed by atoms with Crippen LogP contribution in [0.5, 0.6) is 5.75 Å². The van der Waals surface area contributed by atoms with Crippen LogP contribution >= 0.6 is 0 Å². The average molecular weight is 451 g/mol. The molecule has 2 aliphatic heterocycles. The van der Waals surface area contributed by atoms with E-state index < -0.39 is 17.7 Å². The monoisotopic (exact) mass is 450 g/mol. The molecule has 7 nitrogen and oxygen atoms in total. The molecule has 174 valence electrons. The summed E-state index contributed by atoms with van der Waals surface area (Å²) in [6, 6.07) is 13.9. The number of carbonyl (C=O) groups excluding carboxylic acids is 2. The van der Waals surface area contributed by atoms with Crippen LogP contribution in [0.2, 0.25) is 0 Å². The number of rotatable bonds is 7. The topological polar surface area (TPSA) is 79.3 Å². The van der Waals surface area contributed by atoms with Gasteiger partial charge in [-0.1, -0.05) is 12.1 Å². The number of anilines is 1. The quantitative estimate of drug-likeness (QED) is 0.393. The Bertz CT molecular complexity index is 1040. The fourth-order valence-electron chi connectivity index (χ4n) is 4.41. The van der Waals surface area contributed by atoms with Crippen molar-refractivity contribution in [3.63, 3.8) is 0 Å². The Hall–Kier alpha value is -3.32. The average Bonchev–Trinajstić information content (AvgIpc) is 3.42. The molecule has 2 heterocycles. The number of ketones is 1. The number of ether oxygens (including phenoxy) is 2. The van der Waals surface area contributed by atoms with E-state index in [1.807, 2.05) is 50.2 Å². The molecular weight excluding hydrogens is 420 g/mol. The maximum Gasteiger partial charge on any atom is 0.295 e. The molecule has 2 unspecified atom stereocenters. The van der Waals surface area contributed by atoms with Crippen molar-refractivity contribution < 1.29 is 24.2 Å². The van der Waals surface area contributed by atoms with E-state index >= 15 is 0 Å². The molecule has 1 amide bonds.